The number of ketones is 1. The van der Waals surface area contributed by atoms with Gasteiger partial charge >= 0.3 is 5.97 Å². The molecule has 0 saturated carbocycles. The van der Waals surface area contributed by atoms with Crippen molar-refractivity contribution in [2.45, 2.75) is 59.5 Å². The highest BCUT2D eigenvalue weighted by Gasteiger charge is 2.37. The third-order valence-electron chi connectivity index (χ3n) is 6.13. The first kappa shape index (κ1) is 24.2. The van der Waals surface area contributed by atoms with Crippen LogP contribution in [0.3, 0.4) is 0 Å². The third-order valence-corrected chi connectivity index (χ3v) is 6.13. The quantitative estimate of drug-likeness (QED) is 0.376. The van der Waals surface area contributed by atoms with Crippen LogP contribution in [0.25, 0.3) is 0 Å². The first-order chi connectivity index (χ1) is 15.8. The van der Waals surface area contributed by atoms with Crippen LogP contribution in [0.1, 0.15) is 69.2 Å². The topological polar surface area (TPSA) is 55.4 Å². The second kappa shape index (κ2) is 10.5. The molecule has 0 aromatic heterocycles. The Morgan fingerprint density at radius 3 is 2.21 bits per heavy atom. The molecule has 1 heterocycles. The lowest BCUT2D eigenvalue weighted by atomic mass is 9.78. The van der Waals surface area contributed by atoms with Crippen LogP contribution in [0, 0.1) is 6.92 Å². The predicted octanol–water partition coefficient (Wildman–Crippen LogP) is 6.46. The Balaban J connectivity index is 2.09. The number of nitrogens with one attached hydrogen (secondary N) is 1. The van der Waals surface area contributed by atoms with Crippen LogP contribution < -0.4 is 5.32 Å². The standard InChI is InChI=1S/C29H33NO3/c1-7-19(4)28(22-14-10-9-11-15-22)33-29(32)26-21(6)30-20(5)25(24(31)8-2)27(26)23-16-12-13-18(3)17-23/h9-17,27-28,30H,4,7-8H2,1-3,5-6H3/t27-,28+/m0/s1. The number of benzene rings is 2. The minimum atomic E-state index is -0.556. The van der Waals surface area contributed by atoms with Crippen LogP contribution in [0.2, 0.25) is 0 Å². The van der Waals surface area contributed by atoms with E-state index < -0.39 is 18.0 Å². The van der Waals surface area contributed by atoms with E-state index in [-0.39, 0.29) is 5.78 Å². The summed E-state index contributed by atoms with van der Waals surface area (Å²) in [6.45, 7) is 13.8. The summed E-state index contributed by atoms with van der Waals surface area (Å²) in [4.78, 5) is 26.8. The molecule has 2 aromatic carbocycles. The van der Waals surface area contributed by atoms with Crippen molar-refractivity contribution >= 4 is 11.8 Å². The van der Waals surface area contributed by atoms with Gasteiger partial charge in [0.2, 0.25) is 0 Å². The first-order valence-corrected chi connectivity index (χ1v) is 11.5. The largest absolute Gasteiger partial charge is 0.449 e. The average molecular weight is 444 g/mol. The number of allylic oxidation sites excluding steroid dienone is 3. The van der Waals surface area contributed by atoms with Crippen molar-refractivity contribution in [2.24, 2.45) is 0 Å². The van der Waals surface area contributed by atoms with E-state index in [0.717, 1.165) is 28.0 Å². The molecular formula is C29H33NO3. The number of ether oxygens (including phenoxy) is 1. The fourth-order valence-corrected chi connectivity index (χ4v) is 4.38. The molecule has 1 aliphatic heterocycles. The Kier molecular flexibility index (Phi) is 7.70. The summed E-state index contributed by atoms with van der Waals surface area (Å²) in [5.41, 5.74) is 6.23. The van der Waals surface area contributed by atoms with Crippen LogP contribution in [0.15, 0.2) is 89.3 Å². The molecule has 1 aliphatic rings. The van der Waals surface area contributed by atoms with Gasteiger partial charge in [-0.15, -0.1) is 0 Å². The van der Waals surface area contributed by atoms with Gasteiger partial charge in [-0.1, -0.05) is 80.6 Å². The lowest BCUT2D eigenvalue weighted by Crippen LogP contribution is -2.32. The molecule has 0 bridgehead atoms. The Morgan fingerprint density at radius 2 is 1.61 bits per heavy atom. The number of dihydropyridines is 1. The molecule has 0 aliphatic carbocycles. The maximum Gasteiger partial charge on any atom is 0.337 e. The van der Waals surface area contributed by atoms with Gasteiger partial charge < -0.3 is 10.1 Å². The minimum Gasteiger partial charge on any atom is -0.449 e. The van der Waals surface area contributed by atoms with Gasteiger partial charge in [-0.2, -0.15) is 0 Å². The van der Waals surface area contributed by atoms with Crippen LogP contribution in [0.4, 0.5) is 0 Å². The highest BCUT2D eigenvalue weighted by atomic mass is 16.5. The number of aryl methyl sites for hydroxylation is 1. The summed E-state index contributed by atoms with van der Waals surface area (Å²) < 4.78 is 6.11. The lowest BCUT2D eigenvalue weighted by molar-refractivity contribution is -0.143. The molecule has 0 spiro atoms. The van der Waals surface area contributed by atoms with Crippen LogP contribution in [-0.4, -0.2) is 11.8 Å². The maximum atomic E-state index is 13.7. The molecule has 0 unspecified atom stereocenters. The number of Topliss-reactive ketones (excluding diaryl/α,β-unsaturated/α-hetero) is 1. The average Bonchev–Trinajstić information content (AvgIpc) is 2.81. The molecule has 2 atom stereocenters. The van der Waals surface area contributed by atoms with Crippen LogP contribution in [-0.2, 0) is 14.3 Å². The van der Waals surface area contributed by atoms with Gasteiger partial charge in [-0.05, 0) is 43.9 Å². The van der Waals surface area contributed by atoms with Gasteiger partial charge in [-0.25, -0.2) is 4.79 Å². The normalized spacial score (nSPS) is 16.8. The van der Waals surface area contributed by atoms with E-state index in [1.54, 1.807) is 0 Å². The minimum absolute atomic E-state index is 0.0156. The number of hydrogen-bond acceptors (Lipinski definition) is 4. The molecule has 0 radical (unpaired) electrons. The highest BCUT2D eigenvalue weighted by molar-refractivity contribution is 6.03. The molecule has 0 amide bonds. The number of esters is 1. The zero-order valence-electron chi connectivity index (χ0n) is 20.2. The van der Waals surface area contributed by atoms with Gasteiger partial charge in [0.1, 0.15) is 6.10 Å². The molecule has 0 saturated heterocycles. The first-order valence-electron chi connectivity index (χ1n) is 11.5. The molecule has 3 rings (SSSR count). The monoisotopic (exact) mass is 443 g/mol. The summed E-state index contributed by atoms with van der Waals surface area (Å²) >= 11 is 0. The highest BCUT2D eigenvalue weighted by Crippen LogP contribution is 2.41. The lowest BCUT2D eigenvalue weighted by Gasteiger charge is -2.32. The molecule has 172 valence electrons. The maximum absolute atomic E-state index is 13.7. The van der Waals surface area contributed by atoms with Gasteiger partial charge in [0, 0.05) is 29.3 Å². The van der Waals surface area contributed by atoms with Crippen LogP contribution in [0.5, 0.6) is 0 Å². The van der Waals surface area contributed by atoms with Gasteiger partial charge in [0.05, 0.1) is 5.57 Å². The van der Waals surface area contributed by atoms with Crippen LogP contribution >= 0.6 is 0 Å². The van der Waals surface area contributed by atoms with Gasteiger partial charge in [0.15, 0.2) is 5.78 Å². The zero-order valence-corrected chi connectivity index (χ0v) is 20.2. The molecule has 2 aromatic rings. The van der Waals surface area contributed by atoms with Crippen molar-refractivity contribution < 1.29 is 14.3 Å². The van der Waals surface area contributed by atoms with E-state index in [1.165, 1.54) is 0 Å². The number of hydrogen-bond donors (Lipinski definition) is 1. The van der Waals surface area contributed by atoms with E-state index >= 15 is 0 Å². The Labute approximate surface area is 197 Å². The zero-order chi connectivity index (χ0) is 24.1. The second-order valence-electron chi connectivity index (χ2n) is 8.53. The van der Waals surface area contributed by atoms with Crippen molar-refractivity contribution in [1.29, 1.82) is 0 Å². The molecule has 1 N–H and O–H groups in total. The van der Waals surface area contributed by atoms with Crippen molar-refractivity contribution in [3.05, 3.63) is 106 Å². The van der Waals surface area contributed by atoms with Crippen molar-refractivity contribution in [1.82, 2.24) is 5.32 Å². The molecule has 33 heavy (non-hydrogen) atoms. The molecule has 0 fully saturated rings. The van der Waals surface area contributed by atoms with Gasteiger partial charge in [-0.3, -0.25) is 4.79 Å². The Morgan fingerprint density at radius 1 is 0.939 bits per heavy atom. The fraction of sp³-hybridized carbons (Fsp3) is 0.310. The number of carbonyl (C=O) groups excluding carboxylic acids is 2. The number of rotatable bonds is 8. The molecular weight excluding hydrogens is 410 g/mol. The molecule has 4 nitrogen and oxygen atoms in total. The summed E-state index contributed by atoms with van der Waals surface area (Å²) in [7, 11) is 0. The predicted molar refractivity (Wildman–Crippen MR) is 132 cm³/mol. The van der Waals surface area contributed by atoms with Gasteiger partial charge in [0.25, 0.3) is 0 Å². The van der Waals surface area contributed by atoms with E-state index in [0.29, 0.717) is 29.7 Å². The summed E-state index contributed by atoms with van der Waals surface area (Å²) in [6.07, 6.45) is 0.486. The van der Waals surface area contributed by atoms with Crippen molar-refractivity contribution in [2.75, 3.05) is 0 Å². The van der Waals surface area contributed by atoms with E-state index in [2.05, 4.69) is 11.9 Å². The Bertz CT molecular complexity index is 1120. The smallest absolute Gasteiger partial charge is 0.337 e. The van der Waals surface area contributed by atoms with E-state index in [9.17, 15) is 9.59 Å². The van der Waals surface area contributed by atoms with Crippen molar-refractivity contribution in [3.63, 3.8) is 0 Å². The van der Waals surface area contributed by atoms with Crippen molar-refractivity contribution in [3.8, 4) is 0 Å². The fourth-order valence-electron chi connectivity index (χ4n) is 4.38. The van der Waals surface area contributed by atoms with E-state index in [4.69, 9.17) is 4.74 Å². The summed E-state index contributed by atoms with van der Waals surface area (Å²) in [6, 6.07) is 17.6. The summed E-state index contributed by atoms with van der Waals surface area (Å²) in [5.74, 6) is -0.914. The number of carbonyl (C=O) groups is 2. The SMILES string of the molecule is C=C(CC)[C@@H](OC(=O)C1=C(C)NC(C)=C(C(=O)CC)[C@@H]1c1cccc(C)c1)c1ccccc1. The second-order valence-corrected chi connectivity index (χ2v) is 8.53. The third kappa shape index (κ3) is 5.16. The molecule has 4 heteroatoms. The summed E-state index contributed by atoms with van der Waals surface area (Å²) in [5, 5.41) is 3.26. The van der Waals surface area contributed by atoms with E-state index in [1.807, 2.05) is 89.2 Å². The Hall–Kier alpha value is -3.40.